The van der Waals surface area contributed by atoms with E-state index in [9.17, 15) is 14.0 Å². The van der Waals surface area contributed by atoms with Crippen molar-refractivity contribution >= 4 is 17.6 Å². The Morgan fingerprint density at radius 3 is 2.76 bits per heavy atom. The molecule has 10 nitrogen and oxygen atoms in total. The number of halogens is 1. The number of carbonyl (C=O) groups excluding carboxylic acids is 2. The van der Waals surface area contributed by atoms with E-state index in [2.05, 4.69) is 26.2 Å². The molecule has 3 atom stereocenters. The maximum absolute atomic E-state index is 13.5. The molecule has 0 bridgehead atoms. The van der Waals surface area contributed by atoms with Crippen molar-refractivity contribution in [1.29, 1.82) is 0 Å². The number of ether oxygens (including phenoxy) is 1. The molecule has 0 radical (unpaired) electrons. The number of likely N-dealkylation sites (tertiary alicyclic amines) is 1. The highest BCUT2D eigenvalue weighted by atomic mass is 19.1. The lowest BCUT2D eigenvalue weighted by Crippen LogP contribution is -2.56. The van der Waals surface area contributed by atoms with E-state index in [0.29, 0.717) is 43.5 Å². The molecule has 0 aliphatic carbocycles. The van der Waals surface area contributed by atoms with Crippen LogP contribution in [0.5, 0.6) is 0 Å². The van der Waals surface area contributed by atoms with E-state index in [0.717, 1.165) is 36.8 Å². The Balaban J connectivity index is 1.19. The van der Waals surface area contributed by atoms with E-state index in [1.54, 1.807) is 36.0 Å². The Morgan fingerprint density at radius 1 is 1.13 bits per heavy atom. The van der Waals surface area contributed by atoms with Crippen LogP contribution >= 0.6 is 0 Å². The number of tetrazole rings is 1. The minimum absolute atomic E-state index is 0.0874. The highest BCUT2D eigenvalue weighted by molar-refractivity contribution is 5.91. The molecule has 2 aliphatic rings. The minimum Gasteiger partial charge on any atom is -0.366 e. The van der Waals surface area contributed by atoms with Crippen LogP contribution < -0.4 is 10.6 Å². The van der Waals surface area contributed by atoms with E-state index in [1.807, 2.05) is 17.0 Å². The monoisotopic (exact) mass is 521 g/mol. The van der Waals surface area contributed by atoms with Crippen molar-refractivity contribution in [1.82, 2.24) is 30.4 Å². The molecule has 2 aromatic carbocycles. The molecule has 2 N–H and O–H groups in total. The van der Waals surface area contributed by atoms with E-state index < -0.39 is 18.2 Å². The van der Waals surface area contributed by atoms with Crippen LogP contribution in [0.3, 0.4) is 0 Å². The van der Waals surface area contributed by atoms with Crippen LogP contribution in [0, 0.1) is 11.7 Å². The maximum Gasteiger partial charge on any atom is 0.319 e. The van der Waals surface area contributed by atoms with Gasteiger partial charge in [-0.25, -0.2) is 13.9 Å². The number of aromatic nitrogens is 4. The van der Waals surface area contributed by atoms with E-state index >= 15 is 0 Å². The van der Waals surface area contributed by atoms with E-state index in [-0.39, 0.29) is 11.7 Å². The Morgan fingerprint density at radius 2 is 1.97 bits per heavy atom. The van der Waals surface area contributed by atoms with Crippen LogP contribution in [0.2, 0.25) is 0 Å². The summed E-state index contributed by atoms with van der Waals surface area (Å²) in [6.07, 6.45) is 3.40. The van der Waals surface area contributed by atoms with Gasteiger partial charge in [-0.3, -0.25) is 4.79 Å². The fourth-order valence-electron chi connectivity index (χ4n) is 5.28. The molecule has 0 spiro atoms. The van der Waals surface area contributed by atoms with Gasteiger partial charge in [0.25, 0.3) is 5.91 Å². The number of urea groups is 1. The number of nitrogens with zero attached hydrogens (tertiary/aromatic N) is 5. The summed E-state index contributed by atoms with van der Waals surface area (Å²) >= 11 is 0. The summed E-state index contributed by atoms with van der Waals surface area (Å²) in [5.41, 5.74) is 2.42. The molecule has 11 heteroatoms. The van der Waals surface area contributed by atoms with Gasteiger partial charge in [0, 0.05) is 38.0 Å². The third-order valence-corrected chi connectivity index (χ3v) is 7.15. The lowest BCUT2D eigenvalue weighted by Gasteiger charge is -2.38. The zero-order valence-electron chi connectivity index (χ0n) is 21.3. The maximum atomic E-state index is 13.5. The summed E-state index contributed by atoms with van der Waals surface area (Å²) in [6, 6.07) is 13.0. The van der Waals surface area contributed by atoms with E-state index in [1.165, 1.54) is 12.1 Å². The molecule has 1 aromatic heterocycles. The number of hydrogen-bond donors (Lipinski definition) is 2. The van der Waals surface area contributed by atoms with Gasteiger partial charge < -0.3 is 20.3 Å². The lowest BCUT2D eigenvalue weighted by molar-refractivity contribution is -0.150. The lowest BCUT2D eigenvalue weighted by atomic mass is 9.90. The van der Waals surface area contributed by atoms with Crippen LogP contribution in [0.15, 0.2) is 48.5 Å². The first-order chi connectivity index (χ1) is 18.5. The van der Waals surface area contributed by atoms with Crippen molar-refractivity contribution in [2.24, 2.45) is 13.0 Å². The van der Waals surface area contributed by atoms with Crippen molar-refractivity contribution in [3.05, 3.63) is 59.9 Å². The highest BCUT2D eigenvalue weighted by Gasteiger charge is 2.37. The SMILES string of the molecule is Cn1nnnc1-c1cccc(NC(=O)N[C@@H]2CCCO[C@@H]2C(=O)N2CCC[C@@H](Cc3ccc(F)cc3)C2)c1. The fraction of sp³-hybridized carbons (Fsp3) is 0.444. The molecule has 5 rings (SSSR count). The molecule has 0 saturated carbocycles. The molecular formula is C27H32FN7O3. The largest absolute Gasteiger partial charge is 0.366 e. The number of amides is 3. The van der Waals surface area contributed by atoms with Crippen molar-refractivity contribution < 1.29 is 18.7 Å². The highest BCUT2D eigenvalue weighted by Crippen LogP contribution is 2.25. The van der Waals surface area contributed by atoms with Crippen LogP contribution in [-0.4, -0.2) is 68.9 Å². The average Bonchev–Trinajstić information content (AvgIpc) is 3.36. The van der Waals surface area contributed by atoms with Gasteiger partial charge in [0.1, 0.15) is 5.82 Å². The van der Waals surface area contributed by atoms with Crippen molar-refractivity contribution in [3.8, 4) is 11.4 Å². The number of piperidine rings is 1. The summed E-state index contributed by atoms with van der Waals surface area (Å²) in [5, 5.41) is 17.3. The topological polar surface area (TPSA) is 114 Å². The Kier molecular flexibility index (Phi) is 7.92. The van der Waals surface area contributed by atoms with Crippen LogP contribution in [0.25, 0.3) is 11.4 Å². The Labute approximate surface area is 220 Å². The molecule has 2 fully saturated rings. The van der Waals surface area contributed by atoms with Gasteiger partial charge in [-0.05, 0) is 78.3 Å². The first-order valence-electron chi connectivity index (χ1n) is 13.0. The zero-order valence-corrected chi connectivity index (χ0v) is 21.3. The number of aryl methyl sites for hydroxylation is 1. The normalized spacial score (nSPS) is 21.6. The molecular weight excluding hydrogens is 489 g/mol. The van der Waals surface area contributed by atoms with Crippen LogP contribution in [0.1, 0.15) is 31.2 Å². The van der Waals surface area contributed by atoms with Crippen molar-refractivity contribution in [2.75, 3.05) is 25.0 Å². The third kappa shape index (κ3) is 6.16. The van der Waals surface area contributed by atoms with Gasteiger partial charge in [-0.1, -0.05) is 24.3 Å². The number of anilines is 1. The standard InChI is InChI=1S/C27H32FN7O3/c1-34-25(31-32-33-34)20-6-2-7-22(16-20)29-27(37)30-23-8-4-14-38-24(23)26(36)35-13-3-5-19(17-35)15-18-9-11-21(28)12-10-18/h2,6-7,9-12,16,19,23-24H,3-5,8,13-15,17H2,1H3,(H2,29,30,37)/t19-,23+,24-/m0/s1. The third-order valence-electron chi connectivity index (χ3n) is 7.15. The van der Waals surface area contributed by atoms with E-state index in [4.69, 9.17) is 4.74 Å². The summed E-state index contributed by atoms with van der Waals surface area (Å²) in [4.78, 5) is 28.3. The Bertz CT molecular complexity index is 1270. The molecule has 3 heterocycles. The van der Waals surface area contributed by atoms with Crippen LogP contribution in [0.4, 0.5) is 14.9 Å². The summed E-state index contributed by atoms with van der Waals surface area (Å²) in [6.45, 7) is 1.77. The minimum atomic E-state index is -0.727. The second-order valence-electron chi connectivity index (χ2n) is 9.97. The molecule has 2 saturated heterocycles. The fourth-order valence-corrected chi connectivity index (χ4v) is 5.28. The number of nitrogens with one attached hydrogen (secondary N) is 2. The first-order valence-corrected chi connectivity index (χ1v) is 13.0. The summed E-state index contributed by atoms with van der Waals surface area (Å²) < 4.78 is 20.7. The van der Waals surface area contributed by atoms with Gasteiger partial charge in [0.2, 0.25) is 0 Å². The van der Waals surface area contributed by atoms with Gasteiger partial charge in [0.15, 0.2) is 11.9 Å². The summed E-state index contributed by atoms with van der Waals surface area (Å²) in [7, 11) is 1.75. The number of hydrogen-bond acceptors (Lipinski definition) is 6. The number of rotatable bonds is 6. The van der Waals surface area contributed by atoms with Gasteiger partial charge in [-0.2, -0.15) is 0 Å². The summed E-state index contributed by atoms with van der Waals surface area (Å²) in [5.74, 6) is 0.546. The predicted octanol–water partition coefficient (Wildman–Crippen LogP) is 3.17. The second-order valence-corrected chi connectivity index (χ2v) is 9.97. The zero-order chi connectivity index (χ0) is 26.5. The van der Waals surface area contributed by atoms with Gasteiger partial charge >= 0.3 is 6.03 Å². The first kappa shape index (κ1) is 25.8. The predicted molar refractivity (Wildman–Crippen MR) is 139 cm³/mol. The Hall–Kier alpha value is -3.86. The smallest absolute Gasteiger partial charge is 0.319 e. The molecule has 38 heavy (non-hydrogen) atoms. The molecule has 0 unspecified atom stereocenters. The van der Waals surface area contributed by atoms with Crippen molar-refractivity contribution in [2.45, 2.75) is 44.2 Å². The van der Waals surface area contributed by atoms with Gasteiger partial charge in [-0.15, -0.1) is 5.10 Å². The molecule has 3 aromatic rings. The average molecular weight is 522 g/mol. The molecule has 200 valence electrons. The quantitative estimate of drug-likeness (QED) is 0.515. The number of carbonyl (C=O) groups is 2. The van der Waals surface area contributed by atoms with Crippen molar-refractivity contribution in [3.63, 3.8) is 0 Å². The molecule has 3 amide bonds. The molecule has 2 aliphatic heterocycles. The van der Waals surface area contributed by atoms with Gasteiger partial charge in [0.05, 0.1) is 6.04 Å². The number of benzene rings is 2. The van der Waals surface area contributed by atoms with Crippen LogP contribution in [-0.2, 0) is 23.0 Å². The second kappa shape index (κ2) is 11.7.